The van der Waals surface area contributed by atoms with Gasteiger partial charge in [0.2, 0.25) is 0 Å². The van der Waals surface area contributed by atoms with E-state index < -0.39 is 0 Å². The first kappa shape index (κ1) is 8.71. The molecule has 64 valence electrons. The molecule has 12 heavy (non-hydrogen) atoms. The van der Waals surface area contributed by atoms with Gasteiger partial charge in [-0.05, 0) is 6.92 Å². The minimum absolute atomic E-state index is 0.819. The van der Waals surface area contributed by atoms with Gasteiger partial charge < -0.3 is 4.42 Å². The summed E-state index contributed by atoms with van der Waals surface area (Å²) in [5.41, 5.74) is 1.67. The summed E-state index contributed by atoms with van der Waals surface area (Å²) < 4.78 is 5.09. The maximum absolute atomic E-state index is 5.09. The van der Waals surface area contributed by atoms with E-state index in [4.69, 9.17) is 4.42 Å². The van der Waals surface area contributed by atoms with E-state index in [2.05, 4.69) is 9.97 Å². The van der Waals surface area contributed by atoms with Crippen molar-refractivity contribution in [2.45, 2.75) is 20.8 Å². The van der Waals surface area contributed by atoms with Crippen LogP contribution in [-0.2, 0) is 0 Å². The third-order valence-corrected chi connectivity index (χ3v) is 1.41. The van der Waals surface area contributed by atoms with Gasteiger partial charge in [-0.2, -0.15) is 0 Å². The van der Waals surface area contributed by atoms with Crippen LogP contribution >= 0.6 is 0 Å². The van der Waals surface area contributed by atoms with Gasteiger partial charge in [-0.1, -0.05) is 13.8 Å². The second kappa shape index (κ2) is 3.85. The number of aryl methyl sites for hydroxylation is 1. The molecule has 0 unspecified atom stereocenters. The number of aromatic nitrogens is 2. The van der Waals surface area contributed by atoms with Crippen molar-refractivity contribution in [2.24, 2.45) is 0 Å². The van der Waals surface area contributed by atoms with Crippen molar-refractivity contribution in [3.8, 4) is 0 Å². The first-order valence-corrected chi connectivity index (χ1v) is 4.03. The van der Waals surface area contributed by atoms with Crippen LogP contribution < -0.4 is 0 Å². The fourth-order valence-electron chi connectivity index (χ4n) is 0.906. The predicted octanol–water partition coefficient (Wildman–Crippen LogP) is 2.56. The zero-order valence-corrected chi connectivity index (χ0v) is 7.53. The molecule has 0 aromatic carbocycles. The molecule has 0 aliphatic rings. The summed E-state index contributed by atoms with van der Waals surface area (Å²) in [6.45, 7) is 5.87. The number of fused-ring (bicyclic) bond motifs is 1. The second-order valence-corrected chi connectivity index (χ2v) is 2.08. The minimum atomic E-state index is 0.819. The van der Waals surface area contributed by atoms with Crippen LogP contribution in [-0.4, -0.2) is 9.97 Å². The predicted molar refractivity (Wildman–Crippen MR) is 47.9 cm³/mol. The molecule has 2 aromatic heterocycles. The van der Waals surface area contributed by atoms with Crippen molar-refractivity contribution in [1.29, 1.82) is 0 Å². The van der Waals surface area contributed by atoms with Crippen molar-refractivity contribution in [2.75, 3.05) is 0 Å². The van der Waals surface area contributed by atoms with Crippen LogP contribution in [0.1, 0.15) is 19.6 Å². The lowest BCUT2D eigenvalue weighted by Crippen LogP contribution is -1.76. The summed E-state index contributed by atoms with van der Waals surface area (Å²) in [6, 6.07) is 0. The Morgan fingerprint density at radius 2 is 1.83 bits per heavy atom. The van der Waals surface area contributed by atoms with Gasteiger partial charge in [-0.15, -0.1) is 0 Å². The lowest BCUT2D eigenvalue weighted by atomic mass is 10.4. The molecule has 0 fully saturated rings. The van der Waals surface area contributed by atoms with E-state index in [1.54, 1.807) is 18.7 Å². The molecule has 0 spiro atoms. The third kappa shape index (κ3) is 1.44. The lowest BCUT2D eigenvalue weighted by Gasteiger charge is -1.83. The molecule has 0 bridgehead atoms. The van der Waals surface area contributed by atoms with Crippen molar-refractivity contribution < 1.29 is 4.42 Å². The van der Waals surface area contributed by atoms with Crippen molar-refractivity contribution in [3.05, 3.63) is 24.4 Å². The van der Waals surface area contributed by atoms with Crippen LogP contribution in [0.4, 0.5) is 0 Å². The van der Waals surface area contributed by atoms with Crippen LogP contribution in [0.2, 0.25) is 0 Å². The van der Waals surface area contributed by atoms with Gasteiger partial charge in [-0.25, -0.2) is 9.97 Å². The molecule has 2 heterocycles. The third-order valence-electron chi connectivity index (χ3n) is 1.41. The van der Waals surface area contributed by atoms with Crippen LogP contribution in [0, 0.1) is 6.92 Å². The highest BCUT2D eigenvalue weighted by Gasteiger charge is 2.00. The number of nitrogens with zero attached hydrogens (tertiary/aromatic N) is 2. The van der Waals surface area contributed by atoms with E-state index in [0.717, 1.165) is 16.8 Å². The molecule has 0 saturated carbocycles. The highest BCUT2D eigenvalue weighted by molar-refractivity contribution is 5.74. The molecular weight excluding hydrogens is 152 g/mol. The van der Waals surface area contributed by atoms with E-state index >= 15 is 0 Å². The molecule has 0 aliphatic heterocycles. The Morgan fingerprint density at radius 3 is 2.50 bits per heavy atom. The maximum atomic E-state index is 5.09. The smallest absolute Gasteiger partial charge is 0.130 e. The van der Waals surface area contributed by atoms with E-state index in [-0.39, 0.29) is 0 Å². The van der Waals surface area contributed by atoms with Gasteiger partial charge >= 0.3 is 0 Å². The van der Waals surface area contributed by atoms with Crippen molar-refractivity contribution in [1.82, 2.24) is 9.97 Å². The molecule has 0 N–H and O–H groups in total. The lowest BCUT2D eigenvalue weighted by molar-refractivity contribution is 0.538. The average molecular weight is 164 g/mol. The zero-order chi connectivity index (χ0) is 8.97. The Balaban J connectivity index is 0.000000336. The summed E-state index contributed by atoms with van der Waals surface area (Å²) in [4.78, 5) is 8.13. The number of furan rings is 1. The topological polar surface area (TPSA) is 38.9 Å². The highest BCUT2D eigenvalue weighted by Crippen LogP contribution is 2.13. The summed E-state index contributed by atoms with van der Waals surface area (Å²) in [6.07, 6.45) is 4.92. The molecule has 0 atom stereocenters. The highest BCUT2D eigenvalue weighted by atomic mass is 16.3. The monoisotopic (exact) mass is 164 g/mol. The van der Waals surface area contributed by atoms with Gasteiger partial charge in [0, 0.05) is 12.4 Å². The molecule has 2 aromatic rings. The van der Waals surface area contributed by atoms with Crippen LogP contribution in [0.5, 0.6) is 0 Å². The minimum Gasteiger partial charge on any atom is -0.465 e. The number of hydrogen-bond donors (Lipinski definition) is 0. The Morgan fingerprint density at radius 1 is 1.17 bits per heavy atom. The fraction of sp³-hybridized carbons (Fsp3) is 0.333. The standard InChI is InChI=1S/C7H6N2O.C2H6/c1-5-7-6(4-10-5)8-2-3-9-7;1-2/h2-4H,1H3;1-2H3. The molecule has 3 heteroatoms. The average Bonchev–Trinajstić information content (AvgIpc) is 2.53. The van der Waals surface area contributed by atoms with E-state index in [9.17, 15) is 0 Å². The largest absolute Gasteiger partial charge is 0.465 e. The SMILES string of the molecule is CC.Cc1occ2nccnc12. The fourth-order valence-corrected chi connectivity index (χ4v) is 0.906. The molecular formula is C9H12N2O. The van der Waals surface area contributed by atoms with Crippen LogP contribution in [0.25, 0.3) is 11.0 Å². The Labute approximate surface area is 71.4 Å². The Bertz CT molecular complexity index is 354. The first-order chi connectivity index (χ1) is 5.88. The molecule has 0 radical (unpaired) electrons. The maximum Gasteiger partial charge on any atom is 0.130 e. The van der Waals surface area contributed by atoms with Gasteiger partial charge in [0.05, 0.1) is 0 Å². The summed E-state index contributed by atoms with van der Waals surface area (Å²) in [7, 11) is 0. The Hall–Kier alpha value is -1.38. The molecule has 2 rings (SSSR count). The van der Waals surface area contributed by atoms with E-state index in [1.165, 1.54) is 0 Å². The van der Waals surface area contributed by atoms with Crippen LogP contribution in [0.15, 0.2) is 23.1 Å². The van der Waals surface area contributed by atoms with Crippen molar-refractivity contribution >= 4 is 11.0 Å². The van der Waals surface area contributed by atoms with Gasteiger partial charge in [0.25, 0.3) is 0 Å². The van der Waals surface area contributed by atoms with E-state index in [1.807, 2.05) is 20.8 Å². The number of rotatable bonds is 0. The first-order valence-electron chi connectivity index (χ1n) is 4.03. The quantitative estimate of drug-likeness (QED) is 0.600. The molecule has 0 saturated heterocycles. The van der Waals surface area contributed by atoms with Gasteiger partial charge in [0.1, 0.15) is 23.1 Å². The Kier molecular flexibility index (Phi) is 2.80. The molecule has 0 amide bonds. The van der Waals surface area contributed by atoms with E-state index in [0.29, 0.717) is 0 Å². The molecule has 0 aliphatic carbocycles. The summed E-state index contributed by atoms with van der Waals surface area (Å²) in [5, 5.41) is 0. The number of hydrogen-bond acceptors (Lipinski definition) is 3. The summed E-state index contributed by atoms with van der Waals surface area (Å²) >= 11 is 0. The normalized spacial score (nSPS) is 9.25. The second-order valence-electron chi connectivity index (χ2n) is 2.08. The zero-order valence-electron chi connectivity index (χ0n) is 7.53. The van der Waals surface area contributed by atoms with Gasteiger partial charge in [0.15, 0.2) is 0 Å². The summed E-state index contributed by atoms with van der Waals surface area (Å²) in [5.74, 6) is 0.822. The van der Waals surface area contributed by atoms with Gasteiger partial charge in [-0.3, -0.25) is 0 Å². The molecule has 3 nitrogen and oxygen atoms in total. The van der Waals surface area contributed by atoms with Crippen molar-refractivity contribution in [3.63, 3.8) is 0 Å². The van der Waals surface area contributed by atoms with Crippen LogP contribution in [0.3, 0.4) is 0 Å².